The van der Waals surface area contributed by atoms with Crippen LogP contribution in [0.5, 0.6) is 6.01 Å². The van der Waals surface area contributed by atoms with Gasteiger partial charge in [-0.1, -0.05) is 17.8 Å². The Hall–Kier alpha value is -1.69. The molecule has 0 amide bonds. The lowest BCUT2D eigenvalue weighted by Crippen LogP contribution is -1.97. The van der Waals surface area contributed by atoms with Crippen LogP contribution in [0.3, 0.4) is 0 Å². The first kappa shape index (κ1) is 10.8. The number of hydrogen-bond acceptors (Lipinski definition) is 6. The van der Waals surface area contributed by atoms with Gasteiger partial charge in [-0.3, -0.25) is 4.98 Å². The second-order valence-corrected chi connectivity index (χ2v) is 3.89. The summed E-state index contributed by atoms with van der Waals surface area (Å²) in [4.78, 5) is 16.0. The highest BCUT2D eigenvalue weighted by molar-refractivity contribution is 7.98. The number of rotatable bonds is 2. The van der Waals surface area contributed by atoms with Gasteiger partial charge in [0.05, 0.1) is 0 Å². The zero-order chi connectivity index (χ0) is 11.5. The summed E-state index contributed by atoms with van der Waals surface area (Å²) < 4.78 is 0. The van der Waals surface area contributed by atoms with Gasteiger partial charge in [-0.05, 0) is 24.8 Å². The van der Waals surface area contributed by atoms with Crippen LogP contribution < -0.4 is 0 Å². The van der Waals surface area contributed by atoms with E-state index in [2.05, 4.69) is 19.9 Å². The monoisotopic (exact) mass is 234 g/mol. The summed E-state index contributed by atoms with van der Waals surface area (Å²) in [5, 5.41) is 9.85. The molecule has 0 spiro atoms. The van der Waals surface area contributed by atoms with Crippen molar-refractivity contribution in [1.29, 1.82) is 0 Å². The van der Waals surface area contributed by atoms with Crippen molar-refractivity contribution in [2.45, 2.75) is 12.1 Å². The fraction of sp³-hybridized carbons (Fsp3) is 0.200. The van der Waals surface area contributed by atoms with Gasteiger partial charge in [-0.2, -0.15) is 9.97 Å². The molecule has 82 valence electrons. The van der Waals surface area contributed by atoms with Crippen LogP contribution in [0.1, 0.15) is 5.56 Å². The molecule has 0 unspecified atom stereocenters. The molecule has 0 atom stereocenters. The Labute approximate surface area is 97.0 Å². The van der Waals surface area contributed by atoms with E-state index in [1.165, 1.54) is 11.8 Å². The van der Waals surface area contributed by atoms with E-state index in [9.17, 15) is 5.11 Å². The van der Waals surface area contributed by atoms with E-state index in [1.54, 1.807) is 6.20 Å². The average Bonchev–Trinajstić information content (AvgIpc) is 2.28. The Morgan fingerprint density at radius 3 is 2.75 bits per heavy atom. The number of thioether (sulfide) groups is 1. The van der Waals surface area contributed by atoms with Crippen LogP contribution >= 0.6 is 11.8 Å². The van der Waals surface area contributed by atoms with Crippen molar-refractivity contribution in [2.24, 2.45) is 0 Å². The Morgan fingerprint density at radius 2 is 2.06 bits per heavy atom. The summed E-state index contributed by atoms with van der Waals surface area (Å²) in [6.07, 6.45) is 3.51. The Balaban J connectivity index is 2.56. The van der Waals surface area contributed by atoms with E-state index in [0.29, 0.717) is 16.7 Å². The maximum absolute atomic E-state index is 9.37. The topological polar surface area (TPSA) is 71.8 Å². The van der Waals surface area contributed by atoms with E-state index in [4.69, 9.17) is 0 Å². The lowest BCUT2D eigenvalue weighted by Gasteiger charge is -2.03. The fourth-order valence-corrected chi connectivity index (χ4v) is 1.61. The first-order valence-corrected chi connectivity index (χ1v) is 5.84. The first-order valence-electron chi connectivity index (χ1n) is 4.61. The van der Waals surface area contributed by atoms with E-state index in [1.807, 2.05) is 25.3 Å². The SMILES string of the molecule is CSc1nc(O)nc(-c2ncccc2C)n1. The number of pyridine rings is 1. The molecule has 2 aromatic rings. The molecule has 16 heavy (non-hydrogen) atoms. The summed E-state index contributed by atoms with van der Waals surface area (Å²) in [7, 11) is 0. The van der Waals surface area contributed by atoms with Crippen molar-refractivity contribution in [1.82, 2.24) is 19.9 Å². The maximum Gasteiger partial charge on any atom is 0.318 e. The van der Waals surface area contributed by atoms with Gasteiger partial charge in [-0.15, -0.1) is 0 Å². The molecule has 0 saturated heterocycles. The van der Waals surface area contributed by atoms with Gasteiger partial charge >= 0.3 is 6.01 Å². The highest BCUT2D eigenvalue weighted by Crippen LogP contribution is 2.20. The van der Waals surface area contributed by atoms with Gasteiger partial charge in [0.2, 0.25) is 0 Å². The molecular weight excluding hydrogens is 224 g/mol. The maximum atomic E-state index is 9.37. The van der Waals surface area contributed by atoms with Gasteiger partial charge in [0.1, 0.15) is 5.69 Å². The normalized spacial score (nSPS) is 10.4. The van der Waals surface area contributed by atoms with Crippen molar-refractivity contribution in [3.05, 3.63) is 23.9 Å². The zero-order valence-corrected chi connectivity index (χ0v) is 9.69. The molecule has 1 N–H and O–H groups in total. The van der Waals surface area contributed by atoms with Crippen molar-refractivity contribution >= 4 is 11.8 Å². The molecule has 0 aliphatic carbocycles. The van der Waals surface area contributed by atoms with Crippen LogP contribution in [0.4, 0.5) is 0 Å². The van der Waals surface area contributed by atoms with Crippen LogP contribution in [0.25, 0.3) is 11.5 Å². The van der Waals surface area contributed by atoms with Gasteiger partial charge in [-0.25, -0.2) is 4.98 Å². The molecule has 0 aliphatic heterocycles. The molecular formula is C10H10N4OS. The van der Waals surface area contributed by atoms with Crippen LogP contribution in [-0.2, 0) is 0 Å². The van der Waals surface area contributed by atoms with Gasteiger partial charge in [0.25, 0.3) is 0 Å². The fourth-order valence-electron chi connectivity index (χ4n) is 1.26. The predicted molar refractivity (Wildman–Crippen MR) is 61.2 cm³/mol. The molecule has 2 heterocycles. The Morgan fingerprint density at radius 1 is 1.25 bits per heavy atom. The van der Waals surface area contributed by atoms with Crippen molar-refractivity contribution in [3.8, 4) is 17.5 Å². The summed E-state index contributed by atoms with van der Waals surface area (Å²) >= 11 is 1.35. The molecule has 2 rings (SSSR count). The number of aryl methyl sites for hydroxylation is 1. The van der Waals surface area contributed by atoms with Gasteiger partial charge < -0.3 is 5.11 Å². The summed E-state index contributed by atoms with van der Waals surface area (Å²) in [5.41, 5.74) is 1.62. The van der Waals surface area contributed by atoms with E-state index < -0.39 is 0 Å². The molecule has 6 heteroatoms. The van der Waals surface area contributed by atoms with Crippen molar-refractivity contribution in [3.63, 3.8) is 0 Å². The second kappa shape index (κ2) is 4.44. The lowest BCUT2D eigenvalue weighted by molar-refractivity contribution is 0.421. The quantitative estimate of drug-likeness (QED) is 0.797. The lowest BCUT2D eigenvalue weighted by atomic mass is 10.2. The van der Waals surface area contributed by atoms with Crippen LogP contribution in [0.2, 0.25) is 0 Å². The number of aromatic nitrogens is 4. The summed E-state index contributed by atoms with van der Waals surface area (Å²) in [5.74, 6) is 0.398. The predicted octanol–water partition coefficient (Wildman–Crippen LogP) is 1.67. The van der Waals surface area contributed by atoms with Gasteiger partial charge in [0, 0.05) is 6.20 Å². The minimum Gasteiger partial charge on any atom is -0.479 e. The largest absolute Gasteiger partial charge is 0.479 e. The molecule has 0 saturated carbocycles. The molecule has 0 radical (unpaired) electrons. The Bertz CT molecular complexity index is 518. The van der Waals surface area contributed by atoms with Crippen LogP contribution in [-0.4, -0.2) is 31.3 Å². The third-order valence-corrected chi connectivity index (χ3v) is 2.55. The molecule has 0 bridgehead atoms. The van der Waals surface area contributed by atoms with Crippen LogP contribution in [0.15, 0.2) is 23.5 Å². The first-order chi connectivity index (χ1) is 7.70. The highest BCUT2D eigenvalue weighted by Gasteiger charge is 2.10. The summed E-state index contributed by atoms with van der Waals surface area (Å²) in [6, 6.07) is 3.48. The summed E-state index contributed by atoms with van der Waals surface area (Å²) in [6.45, 7) is 1.92. The third kappa shape index (κ3) is 2.11. The molecule has 0 aromatic carbocycles. The number of aromatic hydroxyl groups is 1. The highest BCUT2D eigenvalue weighted by atomic mass is 32.2. The molecule has 2 aromatic heterocycles. The number of hydrogen-bond donors (Lipinski definition) is 1. The smallest absolute Gasteiger partial charge is 0.318 e. The average molecular weight is 234 g/mol. The van der Waals surface area contributed by atoms with Crippen molar-refractivity contribution < 1.29 is 5.11 Å². The molecule has 5 nitrogen and oxygen atoms in total. The zero-order valence-electron chi connectivity index (χ0n) is 8.88. The minimum absolute atomic E-state index is 0.278. The van der Waals surface area contributed by atoms with E-state index in [-0.39, 0.29) is 6.01 Å². The molecule has 0 fully saturated rings. The standard InChI is InChI=1S/C10H10N4OS/c1-6-4-3-5-11-7(6)8-12-9(15)14-10(13-8)16-2/h3-5H,1-2H3,(H,12,13,14,15). The minimum atomic E-state index is -0.278. The second-order valence-electron chi connectivity index (χ2n) is 3.11. The van der Waals surface area contributed by atoms with Crippen LogP contribution in [0, 0.1) is 6.92 Å². The van der Waals surface area contributed by atoms with E-state index >= 15 is 0 Å². The molecule has 0 aliphatic rings. The van der Waals surface area contributed by atoms with Gasteiger partial charge in [0.15, 0.2) is 11.0 Å². The van der Waals surface area contributed by atoms with E-state index in [0.717, 1.165) is 5.56 Å². The van der Waals surface area contributed by atoms with Crippen molar-refractivity contribution in [2.75, 3.05) is 6.26 Å². The number of nitrogens with zero attached hydrogens (tertiary/aromatic N) is 4. The third-order valence-electron chi connectivity index (χ3n) is 2.01. The Kier molecular flexibility index (Phi) is 3.00.